The summed E-state index contributed by atoms with van der Waals surface area (Å²) in [5.74, 6) is 0. The van der Waals surface area contributed by atoms with E-state index in [0.717, 1.165) is 5.56 Å². The molecular weight excluding hydrogens is 270 g/mol. The number of pyridine rings is 2. The minimum atomic E-state index is -0.547. The molecule has 21 heavy (non-hydrogen) atoms. The van der Waals surface area contributed by atoms with Gasteiger partial charge in [-0.05, 0) is 18.6 Å². The average molecular weight is 283 g/mol. The normalized spacial score (nSPS) is 10.7. The zero-order valence-corrected chi connectivity index (χ0v) is 11.3. The molecule has 7 heteroatoms. The number of aromatic nitrogens is 4. The highest BCUT2D eigenvalue weighted by molar-refractivity contribution is 5.90. The summed E-state index contributed by atoms with van der Waals surface area (Å²) >= 11 is 0. The van der Waals surface area contributed by atoms with Crippen molar-refractivity contribution in [2.75, 3.05) is 5.32 Å². The Labute approximate surface area is 119 Å². The molecule has 3 aromatic rings. The van der Waals surface area contributed by atoms with Crippen molar-refractivity contribution in [3.05, 3.63) is 58.5 Å². The van der Waals surface area contributed by atoms with Gasteiger partial charge in [0.25, 0.3) is 5.56 Å². The Balaban J connectivity index is 2.06. The third-order valence-corrected chi connectivity index (χ3v) is 3.17. The maximum atomic E-state index is 11.8. The van der Waals surface area contributed by atoms with Gasteiger partial charge in [-0.25, -0.2) is 9.97 Å². The molecule has 3 rings (SSSR count). The maximum absolute atomic E-state index is 11.8. The summed E-state index contributed by atoms with van der Waals surface area (Å²) in [6.45, 7) is 2.30. The van der Waals surface area contributed by atoms with Crippen molar-refractivity contribution in [3.63, 3.8) is 0 Å². The molecule has 0 aromatic carbocycles. The fourth-order valence-corrected chi connectivity index (χ4v) is 2.14. The van der Waals surface area contributed by atoms with Crippen LogP contribution in [0.2, 0.25) is 0 Å². The van der Waals surface area contributed by atoms with Crippen molar-refractivity contribution in [1.29, 1.82) is 0 Å². The smallest absolute Gasteiger partial charge is 0.286 e. The van der Waals surface area contributed by atoms with Crippen molar-refractivity contribution < 1.29 is 5.21 Å². The van der Waals surface area contributed by atoms with Gasteiger partial charge in [0.15, 0.2) is 5.65 Å². The van der Waals surface area contributed by atoms with Crippen molar-refractivity contribution in [2.24, 2.45) is 0 Å². The minimum absolute atomic E-state index is 0.184. The molecule has 0 amide bonds. The summed E-state index contributed by atoms with van der Waals surface area (Å²) in [5, 5.41) is 13.6. The summed E-state index contributed by atoms with van der Waals surface area (Å²) < 4.78 is 0.527. The number of fused-ring (bicyclic) bond motifs is 1. The van der Waals surface area contributed by atoms with E-state index in [0.29, 0.717) is 28.0 Å². The largest absolute Gasteiger partial charge is 0.423 e. The van der Waals surface area contributed by atoms with Gasteiger partial charge in [-0.2, -0.15) is 0 Å². The van der Waals surface area contributed by atoms with Crippen LogP contribution in [0.5, 0.6) is 0 Å². The van der Waals surface area contributed by atoms with E-state index < -0.39 is 5.56 Å². The third-order valence-electron chi connectivity index (χ3n) is 3.17. The van der Waals surface area contributed by atoms with Crippen LogP contribution in [0.25, 0.3) is 11.0 Å². The van der Waals surface area contributed by atoms with Crippen LogP contribution in [0.15, 0.2) is 41.7 Å². The van der Waals surface area contributed by atoms with E-state index in [1.165, 1.54) is 12.4 Å². The molecule has 2 N–H and O–H groups in total. The minimum Gasteiger partial charge on any atom is -0.423 e. The van der Waals surface area contributed by atoms with Crippen molar-refractivity contribution in [2.45, 2.75) is 13.5 Å². The molecule has 0 bridgehead atoms. The lowest BCUT2D eigenvalue weighted by atomic mass is 10.2. The van der Waals surface area contributed by atoms with Crippen LogP contribution in [-0.4, -0.2) is 24.9 Å². The Bertz CT molecular complexity index is 845. The quantitative estimate of drug-likeness (QED) is 0.705. The number of hydrogen-bond donors (Lipinski definition) is 2. The second kappa shape index (κ2) is 5.20. The van der Waals surface area contributed by atoms with E-state index in [2.05, 4.69) is 20.3 Å². The lowest BCUT2D eigenvalue weighted by Gasteiger charge is -2.11. The topological polar surface area (TPSA) is 92.9 Å². The Morgan fingerprint density at radius 2 is 2.24 bits per heavy atom. The van der Waals surface area contributed by atoms with Crippen LogP contribution < -0.4 is 10.9 Å². The molecule has 0 fully saturated rings. The van der Waals surface area contributed by atoms with E-state index in [4.69, 9.17) is 0 Å². The second-order valence-corrected chi connectivity index (χ2v) is 4.58. The number of hydrogen-bond acceptors (Lipinski definition) is 6. The first-order valence-corrected chi connectivity index (χ1v) is 6.36. The van der Waals surface area contributed by atoms with E-state index in [1.807, 2.05) is 12.1 Å². The molecule has 0 aliphatic carbocycles. The first kappa shape index (κ1) is 13.0. The first-order chi connectivity index (χ1) is 10.2. The Morgan fingerprint density at radius 3 is 3.00 bits per heavy atom. The molecule has 106 valence electrons. The van der Waals surface area contributed by atoms with Crippen LogP contribution in [-0.2, 0) is 6.54 Å². The fourth-order valence-electron chi connectivity index (χ4n) is 2.14. The monoisotopic (exact) mass is 283 g/mol. The fraction of sp³-hybridized carbons (Fsp3) is 0.143. The zero-order valence-electron chi connectivity index (χ0n) is 11.3. The van der Waals surface area contributed by atoms with E-state index >= 15 is 0 Å². The summed E-state index contributed by atoms with van der Waals surface area (Å²) in [6, 6.07) is 5.10. The molecule has 3 heterocycles. The number of aryl methyl sites for hydroxylation is 1. The van der Waals surface area contributed by atoms with Gasteiger partial charge in [0, 0.05) is 25.0 Å². The molecule has 0 aliphatic heterocycles. The van der Waals surface area contributed by atoms with Crippen molar-refractivity contribution >= 4 is 16.7 Å². The summed E-state index contributed by atoms with van der Waals surface area (Å²) in [6.07, 6.45) is 4.75. The third kappa shape index (κ3) is 2.40. The second-order valence-electron chi connectivity index (χ2n) is 4.58. The van der Waals surface area contributed by atoms with Gasteiger partial charge in [0.1, 0.15) is 6.33 Å². The Kier molecular flexibility index (Phi) is 3.23. The van der Waals surface area contributed by atoms with Crippen LogP contribution in [0.3, 0.4) is 0 Å². The summed E-state index contributed by atoms with van der Waals surface area (Å²) in [5.41, 5.74) is 1.88. The van der Waals surface area contributed by atoms with Gasteiger partial charge >= 0.3 is 0 Å². The van der Waals surface area contributed by atoms with Gasteiger partial charge in [0.05, 0.1) is 16.8 Å². The molecule has 0 atom stereocenters. The first-order valence-electron chi connectivity index (χ1n) is 6.36. The SMILES string of the molecule is Cc1ncnc2c1c(NCc1cccnc1)cc(=O)n2O. The van der Waals surface area contributed by atoms with Gasteiger partial charge in [-0.15, -0.1) is 4.73 Å². The number of nitrogens with zero attached hydrogens (tertiary/aromatic N) is 4. The molecule has 0 aliphatic rings. The lowest BCUT2D eigenvalue weighted by molar-refractivity contribution is 0.186. The highest BCUT2D eigenvalue weighted by Crippen LogP contribution is 2.22. The standard InChI is InChI=1S/C14H13N5O2/c1-9-13-11(16-7-10-3-2-4-15-6-10)5-12(20)19(21)14(13)18-8-17-9/h2-6,8,16,21H,7H2,1H3. The van der Waals surface area contributed by atoms with Crippen LogP contribution in [0, 0.1) is 6.92 Å². The molecule has 0 radical (unpaired) electrons. The lowest BCUT2D eigenvalue weighted by Crippen LogP contribution is -2.20. The van der Waals surface area contributed by atoms with E-state index in [9.17, 15) is 10.0 Å². The maximum Gasteiger partial charge on any atom is 0.286 e. The Hall–Kier alpha value is -2.96. The molecule has 0 spiro atoms. The predicted molar refractivity (Wildman–Crippen MR) is 77.3 cm³/mol. The summed E-state index contributed by atoms with van der Waals surface area (Å²) in [4.78, 5) is 23.9. The number of rotatable bonds is 3. The molecule has 0 saturated carbocycles. The highest BCUT2D eigenvalue weighted by Gasteiger charge is 2.12. The molecular formula is C14H13N5O2. The number of anilines is 1. The van der Waals surface area contributed by atoms with Gasteiger partial charge < -0.3 is 10.5 Å². The van der Waals surface area contributed by atoms with Gasteiger partial charge in [-0.1, -0.05) is 6.07 Å². The highest BCUT2D eigenvalue weighted by atomic mass is 16.5. The van der Waals surface area contributed by atoms with E-state index in [1.54, 1.807) is 19.3 Å². The zero-order chi connectivity index (χ0) is 14.8. The molecule has 7 nitrogen and oxygen atoms in total. The average Bonchev–Trinajstić information content (AvgIpc) is 2.50. The molecule has 0 saturated heterocycles. The Morgan fingerprint density at radius 1 is 1.38 bits per heavy atom. The van der Waals surface area contributed by atoms with Crippen LogP contribution >= 0.6 is 0 Å². The van der Waals surface area contributed by atoms with Crippen LogP contribution in [0.1, 0.15) is 11.3 Å². The van der Waals surface area contributed by atoms with Gasteiger partial charge in [-0.3, -0.25) is 9.78 Å². The van der Waals surface area contributed by atoms with Crippen LogP contribution in [0.4, 0.5) is 5.69 Å². The number of nitrogens with one attached hydrogen (secondary N) is 1. The van der Waals surface area contributed by atoms with Crippen molar-refractivity contribution in [1.82, 2.24) is 19.7 Å². The molecule has 0 unspecified atom stereocenters. The van der Waals surface area contributed by atoms with E-state index in [-0.39, 0.29) is 5.65 Å². The molecule has 3 aromatic heterocycles. The van der Waals surface area contributed by atoms with Gasteiger partial charge in [0.2, 0.25) is 0 Å². The van der Waals surface area contributed by atoms with Crippen molar-refractivity contribution in [3.8, 4) is 0 Å². The summed E-state index contributed by atoms with van der Waals surface area (Å²) in [7, 11) is 0. The predicted octanol–water partition coefficient (Wildman–Crippen LogP) is 1.34.